The molecule has 176 valence electrons. The second-order valence-electron chi connectivity index (χ2n) is 8.39. The third kappa shape index (κ3) is 4.33. The largest absolute Gasteiger partial charge is 0.436 e. The zero-order valence-electron chi connectivity index (χ0n) is 18.8. The molecule has 2 aromatic heterocycles. The normalized spacial score (nSPS) is 11.3. The first-order valence-electron chi connectivity index (χ1n) is 11.2. The van der Waals surface area contributed by atoms with Crippen LogP contribution in [0.1, 0.15) is 5.56 Å². The van der Waals surface area contributed by atoms with Crippen LogP contribution < -0.4 is 5.32 Å². The minimum absolute atomic E-state index is 0.132. The second-order valence-corrected chi connectivity index (χ2v) is 9.23. The van der Waals surface area contributed by atoms with Crippen LogP contribution in [0.15, 0.2) is 89.5 Å². The van der Waals surface area contributed by atoms with E-state index in [1.165, 1.54) is 0 Å². The van der Waals surface area contributed by atoms with Crippen LogP contribution >= 0.6 is 23.2 Å². The summed E-state index contributed by atoms with van der Waals surface area (Å²) in [5.74, 6) is 0.281. The number of carbonyl (C=O) groups excluding carboxylic acids is 1. The molecule has 0 unspecified atom stereocenters. The molecular formula is C28H18Cl2N4O2. The number of anilines is 1. The molecule has 0 saturated heterocycles. The van der Waals surface area contributed by atoms with Crippen LogP contribution in [0.25, 0.3) is 44.6 Å². The van der Waals surface area contributed by atoms with E-state index in [1.807, 2.05) is 60.7 Å². The predicted molar refractivity (Wildman–Crippen MR) is 143 cm³/mol. The van der Waals surface area contributed by atoms with Gasteiger partial charge in [0.15, 0.2) is 5.58 Å². The summed E-state index contributed by atoms with van der Waals surface area (Å²) >= 11 is 12.2. The predicted octanol–water partition coefficient (Wildman–Crippen LogP) is 7.53. The topological polar surface area (TPSA) is 83.8 Å². The maximum atomic E-state index is 12.7. The van der Waals surface area contributed by atoms with Crippen LogP contribution in [0, 0.1) is 0 Å². The van der Waals surface area contributed by atoms with Gasteiger partial charge in [-0.05, 0) is 52.7 Å². The van der Waals surface area contributed by atoms with Crippen molar-refractivity contribution in [3.05, 3.63) is 101 Å². The van der Waals surface area contributed by atoms with Crippen LogP contribution in [0.3, 0.4) is 0 Å². The molecule has 6 aromatic rings. The number of aromatic nitrogens is 3. The Morgan fingerprint density at radius 1 is 0.944 bits per heavy atom. The quantitative estimate of drug-likeness (QED) is 0.250. The zero-order chi connectivity index (χ0) is 24.6. The number of aromatic amines is 1. The number of amides is 1. The van der Waals surface area contributed by atoms with Crippen LogP contribution in [0.4, 0.5) is 5.69 Å². The summed E-state index contributed by atoms with van der Waals surface area (Å²) in [6, 6.07) is 24.7. The van der Waals surface area contributed by atoms with E-state index in [0.717, 1.165) is 33.1 Å². The minimum Gasteiger partial charge on any atom is -0.436 e. The van der Waals surface area contributed by atoms with E-state index in [4.69, 9.17) is 32.6 Å². The Balaban J connectivity index is 1.28. The molecule has 4 aromatic carbocycles. The fourth-order valence-corrected chi connectivity index (χ4v) is 4.67. The van der Waals surface area contributed by atoms with Crippen LogP contribution in [-0.4, -0.2) is 21.1 Å². The fraction of sp³-hybridized carbons (Fsp3) is 0.0357. The van der Waals surface area contributed by atoms with Crippen molar-refractivity contribution in [2.75, 3.05) is 5.32 Å². The van der Waals surface area contributed by atoms with Gasteiger partial charge in [-0.3, -0.25) is 9.89 Å². The molecule has 0 aliphatic carbocycles. The first-order valence-corrected chi connectivity index (χ1v) is 12.0. The Morgan fingerprint density at radius 2 is 1.78 bits per heavy atom. The summed E-state index contributed by atoms with van der Waals surface area (Å²) < 4.78 is 6.10. The number of rotatable bonds is 5. The van der Waals surface area contributed by atoms with Crippen molar-refractivity contribution in [3.8, 4) is 22.7 Å². The lowest BCUT2D eigenvalue weighted by molar-refractivity contribution is -0.115. The number of hydrogen-bond acceptors (Lipinski definition) is 4. The number of carbonyl (C=O) groups is 1. The molecule has 0 aliphatic rings. The summed E-state index contributed by atoms with van der Waals surface area (Å²) in [4.78, 5) is 17.4. The van der Waals surface area contributed by atoms with Crippen molar-refractivity contribution in [2.45, 2.75) is 6.42 Å². The Morgan fingerprint density at radius 3 is 2.61 bits per heavy atom. The first kappa shape index (κ1) is 22.3. The molecule has 0 aliphatic heterocycles. The van der Waals surface area contributed by atoms with Gasteiger partial charge in [-0.15, -0.1) is 0 Å². The van der Waals surface area contributed by atoms with Gasteiger partial charge in [0.05, 0.1) is 23.9 Å². The van der Waals surface area contributed by atoms with Crippen LogP contribution in [-0.2, 0) is 11.2 Å². The highest BCUT2D eigenvalue weighted by Gasteiger charge is 2.17. The average Bonchev–Trinajstić information content (AvgIpc) is 3.51. The Kier molecular flexibility index (Phi) is 5.68. The van der Waals surface area contributed by atoms with Crippen molar-refractivity contribution in [1.29, 1.82) is 0 Å². The van der Waals surface area contributed by atoms with Crippen molar-refractivity contribution < 1.29 is 9.21 Å². The molecule has 0 radical (unpaired) electrons. The number of benzene rings is 4. The number of fused-ring (bicyclic) bond motifs is 2. The fourth-order valence-electron chi connectivity index (χ4n) is 4.19. The number of oxazole rings is 1. The molecule has 6 rings (SSSR count). The summed E-state index contributed by atoms with van der Waals surface area (Å²) in [6.45, 7) is 0. The van der Waals surface area contributed by atoms with Crippen molar-refractivity contribution in [1.82, 2.24) is 15.2 Å². The van der Waals surface area contributed by atoms with Crippen LogP contribution in [0.2, 0.25) is 10.0 Å². The molecule has 0 spiro atoms. The van der Waals surface area contributed by atoms with Gasteiger partial charge in [-0.25, -0.2) is 4.98 Å². The third-order valence-electron chi connectivity index (χ3n) is 5.93. The lowest BCUT2D eigenvalue weighted by Crippen LogP contribution is -2.14. The first-order chi connectivity index (χ1) is 17.5. The Labute approximate surface area is 215 Å². The maximum absolute atomic E-state index is 12.7. The van der Waals surface area contributed by atoms with Crippen molar-refractivity contribution in [3.63, 3.8) is 0 Å². The van der Waals surface area contributed by atoms with Crippen molar-refractivity contribution >= 4 is 56.7 Å². The number of nitrogens with zero attached hydrogens (tertiary/aromatic N) is 2. The van der Waals surface area contributed by atoms with Gasteiger partial charge < -0.3 is 9.73 Å². The van der Waals surface area contributed by atoms with Gasteiger partial charge in [-0.2, -0.15) is 5.10 Å². The van der Waals surface area contributed by atoms with E-state index >= 15 is 0 Å². The third-order valence-corrected chi connectivity index (χ3v) is 6.51. The monoisotopic (exact) mass is 512 g/mol. The number of halogens is 2. The van der Waals surface area contributed by atoms with E-state index in [2.05, 4.69) is 15.5 Å². The van der Waals surface area contributed by atoms with E-state index in [0.29, 0.717) is 32.8 Å². The smallest absolute Gasteiger partial charge is 0.231 e. The molecule has 0 atom stereocenters. The summed E-state index contributed by atoms with van der Waals surface area (Å²) in [5, 5.41) is 13.4. The van der Waals surface area contributed by atoms with E-state index in [9.17, 15) is 4.79 Å². The maximum Gasteiger partial charge on any atom is 0.231 e. The van der Waals surface area contributed by atoms with Gasteiger partial charge >= 0.3 is 0 Å². The Hall–Kier alpha value is -4.13. The standard InChI is InChI=1S/C28H18Cl2N4O2/c29-20-9-8-18(23(30)14-20)13-26(35)32-21-7-3-6-19(10-21)27-22(15-31-34-27)28-33-24-11-16-4-1-2-5-17(16)12-25(24)36-28/h1-12,14-15H,13H2,(H,31,34)(H,32,35). The average molecular weight is 513 g/mol. The number of H-pyrrole nitrogens is 1. The molecule has 0 fully saturated rings. The number of hydrogen-bond donors (Lipinski definition) is 2. The lowest BCUT2D eigenvalue weighted by atomic mass is 10.1. The molecule has 2 heterocycles. The van der Waals surface area contributed by atoms with E-state index in [1.54, 1.807) is 24.4 Å². The molecule has 36 heavy (non-hydrogen) atoms. The summed E-state index contributed by atoms with van der Waals surface area (Å²) in [6.07, 6.45) is 1.82. The molecule has 2 N–H and O–H groups in total. The van der Waals surface area contributed by atoms with E-state index in [-0.39, 0.29) is 12.3 Å². The van der Waals surface area contributed by atoms with E-state index < -0.39 is 0 Å². The summed E-state index contributed by atoms with van der Waals surface area (Å²) in [5.41, 5.74) is 5.13. The van der Waals surface area contributed by atoms with Gasteiger partial charge in [0, 0.05) is 21.3 Å². The number of nitrogens with one attached hydrogen (secondary N) is 2. The summed E-state index contributed by atoms with van der Waals surface area (Å²) in [7, 11) is 0. The molecule has 8 heteroatoms. The molecule has 6 nitrogen and oxygen atoms in total. The van der Waals surface area contributed by atoms with Gasteiger partial charge in [0.25, 0.3) is 0 Å². The zero-order valence-corrected chi connectivity index (χ0v) is 20.3. The highest BCUT2D eigenvalue weighted by atomic mass is 35.5. The Bertz CT molecular complexity index is 1700. The molecule has 1 amide bonds. The van der Waals surface area contributed by atoms with Crippen LogP contribution in [0.5, 0.6) is 0 Å². The minimum atomic E-state index is -0.188. The SMILES string of the molecule is O=C(Cc1ccc(Cl)cc1Cl)Nc1cccc(-c2[nH]ncc2-c2nc3cc4ccccc4cc3o2)c1. The lowest BCUT2D eigenvalue weighted by Gasteiger charge is -2.09. The highest BCUT2D eigenvalue weighted by molar-refractivity contribution is 6.35. The van der Waals surface area contributed by atoms with Gasteiger partial charge in [0.1, 0.15) is 5.52 Å². The molecule has 0 bridgehead atoms. The highest BCUT2D eigenvalue weighted by Crippen LogP contribution is 2.34. The van der Waals surface area contributed by atoms with Gasteiger partial charge in [0.2, 0.25) is 11.8 Å². The van der Waals surface area contributed by atoms with Gasteiger partial charge in [-0.1, -0.05) is 65.7 Å². The van der Waals surface area contributed by atoms with Crippen molar-refractivity contribution in [2.24, 2.45) is 0 Å². The molecular weight excluding hydrogens is 495 g/mol. The molecule has 0 saturated carbocycles. The second kappa shape index (κ2) is 9.15.